The van der Waals surface area contributed by atoms with E-state index in [1.54, 1.807) is 25.6 Å². The number of aryl methyl sites for hydroxylation is 1. The highest BCUT2D eigenvalue weighted by Crippen LogP contribution is 2.31. The van der Waals surface area contributed by atoms with Crippen LogP contribution >= 0.6 is 11.3 Å². The van der Waals surface area contributed by atoms with Gasteiger partial charge in [0.05, 0.1) is 0 Å². The maximum Gasteiger partial charge on any atom is 0.195 e. The van der Waals surface area contributed by atoms with Gasteiger partial charge in [0.25, 0.3) is 0 Å². The molecular weight excluding hydrogens is 296 g/mol. The van der Waals surface area contributed by atoms with E-state index in [1.165, 1.54) is 0 Å². The Bertz CT molecular complexity index is 907. The summed E-state index contributed by atoms with van der Waals surface area (Å²) in [5.41, 5.74) is 2.07. The zero-order chi connectivity index (χ0) is 15.9. The lowest BCUT2D eigenvalue weighted by atomic mass is 10.0. The van der Waals surface area contributed by atoms with Gasteiger partial charge in [0.1, 0.15) is 0 Å². The summed E-state index contributed by atoms with van der Waals surface area (Å²) in [6.45, 7) is 3.86. The number of methoxy groups -OCH3 is 2. The minimum absolute atomic E-state index is 0.0792. The van der Waals surface area contributed by atoms with E-state index in [-0.39, 0.29) is 5.43 Å². The fourth-order valence-corrected chi connectivity index (χ4v) is 3.66. The number of rotatable bonds is 3. The molecule has 0 N–H and O–H groups in total. The lowest BCUT2D eigenvalue weighted by molar-refractivity contribution is -0.201. The molecule has 2 aromatic carbocycles. The van der Waals surface area contributed by atoms with Gasteiger partial charge in [-0.1, -0.05) is 17.7 Å². The molecule has 0 spiro atoms. The Morgan fingerprint density at radius 1 is 0.955 bits per heavy atom. The highest BCUT2D eigenvalue weighted by molar-refractivity contribution is 7.24. The van der Waals surface area contributed by atoms with Crippen LogP contribution in [0.5, 0.6) is 0 Å². The first kappa shape index (κ1) is 15.2. The molecule has 3 rings (SSSR count). The van der Waals surface area contributed by atoms with Gasteiger partial charge in [-0.3, -0.25) is 4.79 Å². The van der Waals surface area contributed by atoms with Crippen LogP contribution in [0.2, 0.25) is 0 Å². The molecule has 0 radical (unpaired) electrons. The number of benzene rings is 2. The predicted octanol–water partition coefficient (Wildman–Crippen LogP) is 4.19. The van der Waals surface area contributed by atoms with E-state index in [9.17, 15) is 4.79 Å². The summed E-state index contributed by atoms with van der Waals surface area (Å²) in [6, 6.07) is 11.7. The zero-order valence-corrected chi connectivity index (χ0v) is 13.9. The lowest BCUT2D eigenvalue weighted by Crippen LogP contribution is -2.26. The van der Waals surface area contributed by atoms with Crippen molar-refractivity contribution in [3.8, 4) is 0 Å². The fourth-order valence-electron chi connectivity index (χ4n) is 2.57. The van der Waals surface area contributed by atoms with Crippen LogP contribution in [-0.4, -0.2) is 14.2 Å². The summed E-state index contributed by atoms with van der Waals surface area (Å²) >= 11 is 1.61. The molecule has 1 heterocycles. The van der Waals surface area contributed by atoms with Gasteiger partial charge in [0.15, 0.2) is 11.2 Å². The quantitative estimate of drug-likeness (QED) is 0.537. The van der Waals surface area contributed by atoms with Crippen LogP contribution in [0.15, 0.2) is 41.2 Å². The molecule has 22 heavy (non-hydrogen) atoms. The summed E-state index contributed by atoms with van der Waals surface area (Å²) in [6.07, 6.45) is 0. The molecule has 0 saturated heterocycles. The minimum Gasteiger partial charge on any atom is -0.349 e. The van der Waals surface area contributed by atoms with E-state index in [0.29, 0.717) is 0 Å². The Morgan fingerprint density at radius 2 is 1.68 bits per heavy atom. The first-order valence-corrected chi connectivity index (χ1v) is 7.88. The van der Waals surface area contributed by atoms with Crippen LogP contribution in [0, 0.1) is 6.92 Å². The second-order valence-electron chi connectivity index (χ2n) is 5.50. The van der Waals surface area contributed by atoms with Crippen LogP contribution in [0.4, 0.5) is 0 Å². The first-order chi connectivity index (χ1) is 10.5. The van der Waals surface area contributed by atoms with Gasteiger partial charge >= 0.3 is 0 Å². The molecule has 0 atom stereocenters. The van der Waals surface area contributed by atoms with Gasteiger partial charge in [-0.2, -0.15) is 0 Å². The van der Waals surface area contributed by atoms with E-state index in [4.69, 9.17) is 9.47 Å². The highest BCUT2D eigenvalue weighted by Gasteiger charge is 2.26. The van der Waals surface area contributed by atoms with Crippen molar-refractivity contribution >= 4 is 31.5 Å². The van der Waals surface area contributed by atoms with Crippen molar-refractivity contribution in [1.82, 2.24) is 0 Å². The third-order valence-electron chi connectivity index (χ3n) is 4.13. The van der Waals surface area contributed by atoms with Crippen LogP contribution < -0.4 is 5.43 Å². The van der Waals surface area contributed by atoms with Crippen LogP contribution in [0.1, 0.15) is 18.1 Å². The Labute approximate surface area is 133 Å². The highest BCUT2D eigenvalue weighted by atomic mass is 32.1. The smallest absolute Gasteiger partial charge is 0.195 e. The first-order valence-electron chi connectivity index (χ1n) is 7.06. The standard InChI is InChI=1S/C18H18O3S/c1-11-5-8-15-14(9-11)17(19)13-7-6-12(10-16(13)22-15)18(2,20-3)21-4/h5-10H,1-4H3. The van der Waals surface area contributed by atoms with Crippen molar-refractivity contribution in [2.75, 3.05) is 14.2 Å². The lowest BCUT2D eigenvalue weighted by Gasteiger charge is -2.26. The van der Waals surface area contributed by atoms with Crippen molar-refractivity contribution in [3.05, 3.63) is 57.7 Å². The third kappa shape index (κ3) is 2.33. The zero-order valence-electron chi connectivity index (χ0n) is 13.1. The van der Waals surface area contributed by atoms with Gasteiger partial charge in [0.2, 0.25) is 0 Å². The summed E-state index contributed by atoms with van der Waals surface area (Å²) in [5, 5.41) is 1.52. The average Bonchev–Trinajstić information content (AvgIpc) is 2.54. The van der Waals surface area contributed by atoms with Gasteiger partial charge in [-0.05, 0) is 38.1 Å². The molecule has 0 aliphatic heterocycles. The molecule has 0 aliphatic carbocycles. The van der Waals surface area contributed by atoms with Crippen molar-refractivity contribution in [2.24, 2.45) is 0 Å². The molecular formula is C18H18O3S. The minimum atomic E-state index is -0.813. The molecule has 1 aromatic heterocycles. The second kappa shape index (κ2) is 5.47. The topological polar surface area (TPSA) is 35.5 Å². The van der Waals surface area contributed by atoms with Crippen LogP contribution in [0.3, 0.4) is 0 Å². The molecule has 3 aromatic rings. The summed E-state index contributed by atoms with van der Waals surface area (Å²) in [4.78, 5) is 12.7. The van der Waals surface area contributed by atoms with Crippen LogP contribution in [0.25, 0.3) is 20.2 Å². The Balaban J connectivity index is 2.32. The molecule has 0 bridgehead atoms. The molecule has 3 nitrogen and oxygen atoms in total. The Morgan fingerprint density at radius 3 is 2.36 bits per heavy atom. The molecule has 114 valence electrons. The van der Waals surface area contributed by atoms with Crippen molar-refractivity contribution in [3.63, 3.8) is 0 Å². The predicted molar refractivity (Wildman–Crippen MR) is 91.7 cm³/mol. The van der Waals surface area contributed by atoms with Gasteiger partial charge in [0, 0.05) is 40.0 Å². The number of fused-ring (bicyclic) bond motifs is 2. The maximum absolute atomic E-state index is 12.7. The number of ether oxygens (including phenoxy) is 2. The summed E-state index contributed by atoms with van der Waals surface area (Å²) in [7, 11) is 3.22. The monoisotopic (exact) mass is 314 g/mol. The SMILES string of the molecule is COC(C)(OC)c1ccc2c(=O)c3cc(C)ccc3sc2c1. The normalized spacial score (nSPS) is 12.2. The average molecular weight is 314 g/mol. The Kier molecular flexibility index (Phi) is 3.77. The van der Waals surface area contributed by atoms with Gasteiger partial charge in [-0.15, -0.1) is 11.3 Å². The molecule has 0 fully saturated rings. The van der Waals surface area contributed by atoms with Crippen molar-refractivity contribution in [1.29, 1.82) is 0 Å². The van der Waals surface area contributed by atoms with E-state index < -0.39 is 5.79 Å². The van der Waals surface area contributed by atoms with Gasteiger partial charge in [-0.25, -0.2) is 0 Å². The maximum atomic E-state index is 12.7. The molecule has 0 amide bonds. The molecule has 0 unspecified atom stereocenters. The second-order valence-corrected chi connectivity index (χ2v) is 6.58. The third-order valence-corrected chi connectivity index (χ3v) is 5.26. The van der Waals surface area contributed by atoms with E-state index in [1.807, 2.05) is 50.2 Å². The largest absolute Gasteiger partial charge is 0.349 e. The van der Waals surface area contributed by atoms with Gasteiger partial charge < -0.3 is 9.47 Å². The van der Waals surface area contributed by atoms with Crippen LogP contribution in [-0.2, 0) is 15.3 Å². The van der Waals surface area contributed by atoms with E-state index >= 15 is 0 Å². The van der Waals surface area contributed by atoms with E-state index in [0.717, 1.165) is 31.3 Å². The summed E-state index contributed by atoms with van der Waals surface area (Å²) in [5.74, 6) is -0.813. The number of hydrogen-bond donors (Lipinski definition) is 0. The van der Waals surface area contributed by atoms with Crippen molar-refractivity contribution < 1.29 is 9.47 Å². The summed E-state index contributed by atoms with van der Waals surface area (Å²) < 4.78 is 12.9. The van der Waals surface area contributed by atoms with E-state index in [2.05, 4.69) is 0 Å². The molecule has 4 heteroatoms. The van der Waals surface area contributed by atoms with Crippen molar-refractivity contribution in [2.45, 2.75) is 19.6 Å². The Hall–Kier alpha value is -1.75. The molecule has 0 aliphatic rings. The molecule has 0 saturated carbocycles. The fraction of sp³-hybridized carbons (Fsp3) is 0.278. The number of hydrogen-bond acceptors (Lipinski definition) is 4.